The van der Waals surface area contributed by atoms with E-state index in [4.69, 9.17) is 10.2 Å². The van der Waals surface area contributed by atoms with E-state index in [1.54, 1.807) is 23.2 Å². The van der Waals surface area contributed by atoms with Crippen LogP contribution in [0.3, 0.4) is 0 Å². The van der Waals surface area contributed by atoms with Crippen LogP contribution in [0.2, 0.25) is 0 Å². The Labute approximate surface area is 134 Å². The number of hydrogen-bond acceptors (Lipinski definition) is 6. The smallest absolute Gasteiger partial charge is 0.289 e. The van der Waals surface area contributed by atoms with E-state index >= 15 is 0 Å². The van der Waals surface area contributed by atoms with E-state index in [1.807, 2.05) is 12.1 Å². The van der Waals surface area contributed by atoms with Gasteiger partial charge in [0.1, 0.15) is 5.82 Å². The first kappa shape index (κ1) is 15.5. The molecule has 3 rings (SSSR count). The van der Waals surface area contributed by atoms with Gasteiger partial charge in [-0.25, -0.2) is 4.98 Å². The summed E-state index contributed by atoms with van der Waals surface area (Å²) in [6.45, 7) is 2.54. The van der Waals surface area contributed by atoms with Crippen LogP contribution in [0.25, 0.3) is 0 Å². The number of amides is 1. The molecule has 1 saturated heterocycles. The molecule has 0 aromatic carbocycles. The number of nitrogens with zero attached hydrogens (tertiary/aromatic N) is 3. The predicted octanol–water partition coefficient (Wildman–Crippen LogP) is 0.576. The van der Waals surface area contributed by atoms with E-state index < -0.39 is 6.10 Å². The minimum Gasteiger partial charge on any atom is -0.459 e. The van der Waals surface area contributed by atoms with Crippen molar-refractivity contribution < 1.29 is 14.3 Å². The minimum atomic E-state index is -0.616. The third kappa shape index (κ3) is 3.69. The number of carbonyl (C=O) groups excluding carboxylic acids is 1. The van der Waals surface area contributed by atoms with Crippen molar-refractivity contribution in [3.05, 3.63) is 48.0 Å². The zero-order valence-corrected chi connectivity index (χ0v) is 12.8. The van der Waals surface area contributed by atoms with E-state index in [0.717, 1.165) is 5.56 Å². The zero-order valence-electron chi connectivity index (χ0n) is 12.8. The van der Waals surface area contributed by atoms with Crippen molar-refractivity contribution >= 4 is 11.7 Å². The molecule has 2 aromatic heterocycles. The number of nitrogens with two attached hydrogens (primary N) is 1. The molecule has 0 unspecified atom stereocenters. The SMILES string of the molecule is Nc1ncccc1CN1CCN(C(=O)c2ccco2)C[C@@H](O)C1. The fourth-order valence-corrected chi connectivity index (χ4v) is 2.76. The van der Waals surface area contributed by atoms with Crippen molar-refractivity contribution in [2.24, 2.45) is 0 Å². The summed E-state index contributed by atoms with van der Waals surface area (Å²) < 4.78 is 5.15. The molecule has 23 heavy (non-hydrogen) atoms. The van der Waals surface area contributed by atoms with Crippen molar-refractivity contribution in [3.63, 3.8) is 0 Å². The zero-order chi connectivity index (χ0) is 16.2. The van der Waals surface area contributed by atoms with Crippen molar-refractivity contribution in [1.82, 2.24) is 14.8 Å². The van der Waals surface area contributed by atoms with Crippen molar-refractivity contribution in [2.45, 2.75) is 12.6 Å². The maximum absolute atomic E-state index is 12.4. The first-order valence-electron chi connectivity index (χ1n) is 7.56. The average Bonchev–Trinajstić information content (AvgIpc) is 3.00. The van der Waals surface area contributed by atoms with Gasteiger partial charge in [-0.15, -0.1) is 0 Å². The lowest BCUT2D eigenvalue weighted by atomic mass is 10.2. The van der Waals surface area contributed by atoms with Crippen LogP contribution in [0.15, 0.2) is 41.1 Å². The van der Waals surface area contributed by atoms with Crippen LogP contribution in [-0.2, 0) is 6.54 Å². The maximum atomic E-state index is 12.4. The topological polar surface area (TPSA) is 95.8 Å². The minimum absolute atomic E-state index is 0.197. The van der Waals surface area contributed by atoms with E-state index in [-0.39, 0.29) is 5.91 Å². The van der Waals surface area contributed by atoms with Gasteiger partial charge in [-0.05, 0) is 18.2 Å². The monoisotopic (exact) mass is 316 g/mol. The number of β-amino-alcohol motifs (C(OH)–C–C–N with tert-alkyl or cyclic N) is 1. The Bertz CT molecular complexity index is 659. The molecule has 1 aliphatic rings. The van der Waals surface area contributed by atoms with Gasteiger partial charge in [-0.3, -0.25) is 9.69 Å². The van der Waals surface area contributed by atoms with Crippen molar-refractivity contribution in [1.29, 1.82) is 0 Å². The number of anilines is 1. The Hall–Kier alpha value is -2.38. The van der Waals surface area contributed by atoms with Gasteiger partial charge < -0.3 is 20.2 Å². The van der Waals surface area contributed by atoms with Gasteiger partial charge in [-0.2, -0.15) is 0 Å². The molecule has 0 radical (unpaired) electrons. The molecule has 122 valence electrons. The first-order valence-corrected chi connectivity index (χ1v) is 7.56. The van der Waals surface area contributed by atoms with Gasteiger partial charge in [0, 0.05) is 44.5 Å². The summed E-state index contributed by atoms with van der Waals surface area (Å²) in [5.41, 5.74) is 6.80. The molecule has 1 atom stereocenters. The van der Waals surface area contributed by atoms with E-state index in [9.17, 15) is 9.90 Å². The molecule has 0 bridgehead atoms. The van der Waals surface area contributed by atoms with Crippen LogP contribution < -0.4 is 5.73 Å². The summed E-state index contributed by atoms with van der Waals surface area (Å²) in [6.07, 6.45) is 2.51. The molecule has 7 heteroatoms. The molecule has 1 fully saturated rings. The molecule has 3 N–H and O–H groups in total. The summed E-state index contributed by atoms with van der Waals surface area (Å²) in [4.78, 5) is 20.1. The van der Waals surface area contributed by atoms with Crippen LogP contribution >= 0.6 is 0 Å². The molecule has 0 spiro atoms. The van der Waals surface area contributed by atoms with E-state index in [1.165, 1.54) is 6.26 Å². The molecular weight excluding hydrogens is 296 g/mol. The molecule has 0 saturated carbocycles. The largest absolute Gasteiger partial charge is 0.459 e. The molecule has 3 heterocycles. The highest BCUT2D eigenvalue weighted by molar-refractivity contribution is 5.91. The van der Waals surface area contributed by atoms with Gasteiger partial charge in [0.15, 0.2) is 5.76 Å². The normalized spacial score (nSPS) is 19.5. The molecule has 7 nitrogen and oxygen atoms in total. The maximum Gasteiger partial charge on any atom is 0.289 e. The summed E-state index contributed by atoms with van der Waals surface area (Å²) >= 11 is 0. The standard InChI is InChI=1S/C16H20N4O3/c17-15-12(3-1-5-18-15)9-19-6-7-20(11-13(21)10-19)16(22)14-4-2-8-23-14/h1-5,8,13,21H,6-7,9-11H2,(H2,17,18)/t13-/m0/s1. The first-order chi connectivity index (χ1) is 11.1. The molecule has 1 amide bonds. The highest BCUT2D eigenvalue weighted by Crippen LogP contribution is 2.15. The fraction of sp³-hybridized carbons (Fsp3) is 0.375. The molecule has 1 aliphatic heterocycles. The van der Waals surface area contributed by atoms with Gasteiger partial charge in [0.25, 0.3) is 5.91 Å². The van der Waals surface area contributed by atoms with Gasteiger partial charge in [0.2, 0.25) is 0 Å². The van der Waals surface area contributed by atoms with Crippen LogP contribution in [0.4, 0.5) is 5.82 Å². The third-order valence-electron chi connectivity index (χ3n) is 3.93. The predicted molar refractivity (Wildman–Crippen MR) is 84.5 cm³/mol. The number of aromatic nitrogens is 1. The van der Waals surface area contributed by atoms with Gasteiger partial charge >= 0.3 is 0 Å². The summed E-state index contributed by atoms with van der Waals surface area (Å²) in [6, 6.07) is 7.07. The number of furan rings is 1. The summed E-state index contributed by atoms with van der Waals surface area (Å²) in [5.74, 6) is 0.591. The van der Waals surface area contributed by atoms with Crippen molar-refractivity contribution in [3.8, 4) is 0 Å². The highest BCUT2D eigenvalue weighted by atomic mass is 16.3. The number of pyridine rings is 1. The number of aliphatic hydroxyl groups excluding tert-OH is 1. The van der Waals surface area contributed by atoms with Gasteiger partial charge in [0.05, 0.1) is 12.4 Å². The number of carbonyl (C=O) groups is 1. The van der Waals surface area contributed by atoms with E-state index in [2.05, 4.69) is 9.88 Å². The second-order valence-corrected chi connectivity index (χ2v) is 5.67. The quantitative estimate of drug-likeness (QED) is 0.860. The summed E-state index contributed by atoms with van der Waals surface area (Å²) in [7, 11) is 0. The molecule has 2 aromatic rings. The van der Waals surface area contributed by atoms with Crippen LogP contribution in [0, 0.1) is 0 Å². The number of rotatable bonds is 3. The second kappa shape index (κ2) is 6.80. The fourth-order valence-electron chi connectivity index (χ4n) is 2.76. The molecule has 0 aliphatic carbocycles. The third-order valence-corrected chi connectivity index (χ3v) is 3.93. The second-order valence-electron chi connectivity index (χ2n) is 5.67. The average molecular weight is 316 g/mol. The van der Waals surface area contributed by atoms with Crippen LogP contribution in [-0.4, -0.2) is 58.1 Å². The Morgan fingerprint density at radius 1 is 1.35 bits per heavy atom. The Morgan fingerprint density at radius 3 is 2.96 bits per heavy atom. The van der Waals surface area contributed by atoms with Gasteiger partial charge in [-0.1, -0.05) is 6.07 Å². The Balaban J connectivity index is 1.66. The number of nitrogen functional groups attached to an aromatic ring is 1. The Morgan fingerprint density at radius 2 is 2.22 bits per heavy atom. The van der Waals surface area contributed by atoms with Crippen molar-refractivity contribution in [2.75, 3.05) is 31.9 Å². The summed E-state index contributed by atoms with van der Waals surface area (Å²) in [5, 5.41) is 10.2. The van der Waals surface area contributed by atoms with Crippen LogP contribution in [0.1, 0.15) is 16.1 Å². The number of aliphatic hydroxyl groups is 1. The lowest BCUT2D eigenvalue weighted by Gasteiger charge is -2.21. The Kier molecular flexibility index (Phi) is 4.59. The van der Waals surface area contributed by atoms with E-state index in [0.29, 0.717) is 44.3 Å². The highest BCUT2D eigenvalue weighted by Gasteiger charge is 2.26. The number of hydrogen-bond donors (Lipinski definition) is 2. The lowest BCUT2D eigenvalue weighted by Crippen LogP contribution is -2.37. The molecular formula is C16H20N4O3. The lowest BCUT2D eigenvalue weighted by molar-refractivity contribution is 0.0634. The van der Waals surface area contributed by atoms with Crippen LogP contribution in [0.5, 0.6) is 0 Å².